The molecule has 4 nitrogen and oxygen atoms in total. The molecule has 20 heavy (non-hydrogen) atoms. The molecule has 1 aromatic heterocycles. The van der Waals surface area contributed by atoms with E-state index in [1.807, 2.05) is 12.1 Å². The van der Waals surface area contributed by atoms with Crippen LogP contribution in [0.2, 0.25) is 0 Å². The van der Waals surface area contributed by atoms with E-state index in [9.17, 15) is 0 Å². The van der Waals surface area contributed by atoms with Crippen LogP contribution >= 0.6 is 12.2 Å². The smallest absolute Gasteiger partial charge is 0.195 e. The predicted molar refractivity (Wildman–Crippen MR) is 80.6 cm³/mol. The van der Waals surface area contributed by atoms with Crippen molar-refractivity contribution in [2.75, 3.05) is 6.61 Å². The van der Waals surface area contributed by atoms with Crippen LogP contribution in [0, 0.1) is 10.7 Å². The van der Waals surface area contributed by atoms with Crippen LogP contribution in [-0.4, -0.2) is 21.4 Å². The van der Waals surface area contributed by atoms with E-state index in [4.69, 9.17) is 17.0 Å². The number of rotatable bonds is 3. The molecule has 0 amide bonds. The molecule has 1 aliphatic heterocycles. The second-order valence-corrected chi connectivity index (χ2v) is 6.01. The summed E-state index contributed by atoms with van der Waals surface area (Å²) in [5.74, 6) is 2.79. The lowest BCUT2D eigenvalue weighted by Crippen LogP contribution is -2.20. The van der Waals surface area contributed by atoms with E-state index in [-0.39, 0.29) is 5.92 Å². The third-order valence-corrected chi connectivity index (χ3v) is 3.92. The number of nitrogens with zero attached hydrogens (tertiary/aromatic N) is 2. The van der Waals surface area contributed by atoms with Gasteiger partial charge in [-0.15, -0.1) is 0 Å². The molecular formula is C15H19N3OS. The van der Waals surface area contributed by atoms with Gasteiger partial charge in [0.1, 0.15) is 11.6 Å². The van der Waals surface area contributed by atoms with Crippen LogP contribution in [0.4, 0.5) is 0 Å². The molecular weight excluding hydrogens is 270 g/mol. The topological polar surface area (TPSA) is 42.8 Å². The minimum Gasteiger partial charge on any atom is -0.493 e. The number of hydrogen-bond acceptors (Lipinski definition) is 3. The zero-order valence-corrected chi connectivity index (χ0v) is 12.6. The van der Waals surface area contributed by atoms with Crippen molar-refractivity contribution in [2.45, 2.75) is 32.7 Å². The maximum Gasteiger partial charge on any atom is 0.195 e. The Hall–Kier alpha value is -1.62. The Kier molecular flexibility index (Phi) is 3.61. The summed E-state index contributed by atoms with van der Waals surface area (Å²) in [6, 6.07) is 8.20. The second-order valence-electron chi connectivity index (χ2n) is 5.62. The quantitative estimate of drug-likeness (QED) is 0.879. The van der Waals surface area contributed by atoms with E-state index in [0.717, 1.165) is 31.1 Å². The standard InChI is InChI=1S/C15H19N3OS/c1-10(2)9-18-14(16-17-15(18)20)12-7-8-19-13-6-4-3-5-11(12)13/h3-6,10,12H,7-9H2,1-2H3,(H,17,20). The Morgan fingerprint density at radius 3 is 3.05 bits per heavy atom. The van der Waals surface area contributed by atoms with Gasteiger partial charge in [-0.2, -0.15) is 5.10 Å². The summed E-state index contributed by atoms with van der Waals surface area (Å²) >= 11 is 5.37. The Morgan fingerprint density at radius 2 is 2.25 bits per heavy atom. The Balaban J connectivity index is 2.05. The summed E-state index contributed by atoms with van der Waals surface area (Å²) in [6.45, 7) is 6.00. The van der Waals surface area contributed by atoms with E-state index in [0.29, 0.717) is 10.7 Å². The largest absolute Gasteiger partial charge is 0.493 e. The molecule has 2 heterocycles. The van der Waals surface area contributed by atoms with Crippen molar-refractivity contribution in [2.24, 2.45) is 5.92 Å². The molecule has 1 N–H and O–H groups in total. The van der Waals surface area contributed by atoms with E-state index < -0.39 is 0 Å². The molecule has 1 aliphatic rings. The van der Waals surface area contributed by atoms with Crippen molar-refractivity contribution in [3.63, 3.8) is 0 Å². The van der Waals surface area contributed by atoms with Crippen molar-refractivity contribution in [1.29, 1.82) is 0 Å². The van der Waals surface area contributed by atoms with Crippen LogP contribution < -0.4 is 4.74 Å². The minimum absolute atomic E-state index is 0.256. The molecule has 0 spiro atoms. The number of H-pyrrole nitrogens is 1. The highest BCUT2D eigenvalue weighted by atomic mass is 32.1. The number of aromatic nitrogens is 3. The van der Waals surface area contributed by atoms with Gasteiger partial charge in [0, 0.05) is 12.1 Å². The van der Waals surface area contributed by atoms with Crippen molar-refractivity contribution in [3.05, 3.63) is 40.4 Å². The summed E-state index contributed by atoms with van der Waals surface area (Å²) in [5.41, 5.74) is 1.21. The molecule has 2 aromatic rings. The number of hydrogen-bond donors (Lipinski definition) is 1. The number of fused-ring (bicyclic) bond motifs is 1. The van der Waals surface area contributed by atoms with Crippen molar-refractivity contribution >= 4 is 12.2 Å². The number of para-hydroxylation sites is 1. The summed E-state index contributed by atoms with van der Waals surface area (Å²) in [6.07, 6.45) is 0.939. The lowest BCUT2D eigenvalue weighted by Gasteiger charge is -2.25. The van der Waals surface area contributed by atoms with Crippen LogP contribution in [0.1, 0.15) is 37.6 Å². The number of ether oxygens (including phenoxy) is 1. The molecule has 0 aliphatic carbocycles. The molecule has 106 valence electrons. The van der Waals surface area contributed by atoms with Gasteiger partial charge < -0.3 is 9.30 Å². The highest BCUT2D eigenvalue weighted by Crippen LogP contribution is 2.37. The van der Waals surface area contributed by atoms with Gasteiger partial charge >= 0.3 is 0 Å². The zero-order chi connectivity index (χ0) is 14.1. The van der Waals surface area contributed by atoms with E-state index in [1.165, 1.54) is 5.56 Å². The van der Waals surface area contributed by atoms with Crippen LogP contribution in [0.3, 0.4) is 0 Å². The fourth-order valence-electron chi connectivity index (χ4n) is 2.75. The SMILES string of the molecule is CC(C)Cn1c(C2CCOc3ccccc32)n[nH]c1=S. The van der Waals surface area contributed by atoms with Gasteiger partial charge in [-0.1, -0.05) is 32.0 Å². The van der Waals surface area contributed by atoms with Crippen LogP contribution in [0.25, 0.3) is 0 Å². The first-order valence-corrected chi connectivity index (χ1v) is 7.44. The zero-order valence-electron chi connectivity index (χ0n) is 11.8. The number of benzene rings is 1. The third kappa shape index (κ3) is 2.38. The summed E-state index contributed by atoms with van der Waals surface area (Å²) < 4.78 is 8.57. The lowest BCUT2D eigenvalue weighted by molar-refractivity contribution is 0.272. The average molecular weight is 289 g/mol. The fraction of sp³-hybridized carbons (Fsp3) is 0.467. The molecule has 0 saturated heterocycles. The molecule has 0 saturated carbocycles. The van der Waals surface area contributed by atoms with Crippen LogP contribution in [0.5, 0.6) is 5.75 Å². The molecule has 3 rings (SSSR count). The van der Waals surface area contributed by atoms with Gasteiger partial charge in [0.05, 0.1) is 12.5 Å². The van der Waals surface area contributed by atoms with Gasteiger partial charge in [-0.3, -0.25) is 5.10 Å². The highest BCUT2D eigenvalue weighted by molar-refractivity contribution is 7.71. The van der Waals surface area contributed by atoms with Gasteiger partial charge in [0.15, 0.2) is 4.77 Å². The number of aromatic amines is 1. The average Bonchev–Trinajstić information content (AvgIpc) is 2.79. The lowest BCUT2D eigenvalue weighted by atomic mass is 9.92. The first-order chi connectivity index (χ1) is 9.66. The summed E-state index contributed by atoms with van der Waals surface area (Å²) in [5, 5.41) is 7.43. The monoisotopic (exact) mass is 289 g/mol. The van der Waals surface area contributed by atoms with Crippen LogP contribution in [0.15, 0.2) is 24.3 Å². The first kappa shape index (κ1) is 13.4. The predicted octanol–water partition coefficient (Wildman–Crippen LogP) is 3.51. The normalized spacial score (nSPS) is 17.9. The second kappa shape index (κ2) is 5.40. The van der Waals surface area contributed by atoms with E-state index >= 15 is 0 Å². The Morgan fingerprint density at radius 1 is 1.45 bits per heavy atom. The summed E-state index contributed by atoms with van der Waals surface area (Å²) in [4.78, 5) is 0. The molecule has 1 atom stereocenters. The van der Waals surface area contributed by atoms with E-state index in [2.05, 4.69) is 40.7 Å². The van der Waals surface area contributed by atoms with Gasteiger partial charge in [-0.25, -0.2) is 0 Å². The molecule has 1 aromatic carbocycles. The highest BCUT2D eigenvalue weighted by Gasteiger charge is 2.27. The third-order valence-electron chi connectivity index (χ3n) is 3.61. The van der Waals surface area contributed by atoms with Crippen molar-refractivity contribution in [1.82, 2.24) is 14.8 Å². The minimum atomic E-state index is 0.256. The molecule has 1 unspecified atom stereocenters. The molecule has 0 bridgehead atoms. The molecule has 0 radical (unpaired) electrons. The number of nitrogens with one attached hydrogen (secondary N) is 1. The van der Waals surface area contributed by atoms with E-state index in [1.54, 1.807) is 0 Å². The molecule has 0 fully saturated rings. The maximum atomic E-state index is 5.73. The summed E-state index contributed by atoms with van der Waals surface area (Å²) in [7, 11) is 0. The first-order valence-electron chi connectivity index (χ1n) is 7.03. The van der Waals surface area contributed by atoms with Crippen molar-refractivity contribution in [3.8, 4) is 5.75 Å². The van der Waals surface area contributed by atoms with Gasteiger partial charge in [-0.05, 0) is 30.6 Å². The van der Waals surface area contributed by atoms with Crippen LogP contribution in [-0.2, 0) is 6.54 Å². The van der Waals surface area contributed by atoms with Gasteiger partial charge in [0.2, 0.25) is 0 Å². The molecule has 5 heteroatoms. The van der Waals surface area contributed by atoms with Gasteiger partial charge in [0.25, 0.3) is 0 Å². The maximum absolute atomic E-state index is 5.73. The Labute approximate surface area is 123 Å². The fourth-order valence-corrected chi connectivity index (χ4v) is 2.96. The van der Waals surface area contributed by atoms with Crippen molar-refractivity contribution < 1.29 is 4.74 Å². The Bertz CT molecular complexity index is 659.